The molecule has 1 aromatic heterocycles. The molecule has 3 aromatic rings. The lowest BCUT2D eigenvalue weighted by atomic mass is 10.1. The van der Waals surface area contributed by atoms with Crippen LogP contribution in [0.1, 0.15) is 21.6 Å². The molecule has 1 N–H and O–H groups in total. The summed E-state index contributed by atoms with van der Waals surface area (Å²) >= 11 is 6.47. The maximum atomic E-state index is 13.1. The number of hydrogen-bond donors (Lipinski definition) is 1. The second-order valence-corrected chi connectivity index (χ2v) is 7.41. The van der Waals surface area contributed by atoms with Gasteiger partial charge in [0.25, 0.3) is 5.91 Å². The summed E-state index contributed by atoms with van der Waals surface area (Å²) in [5, 5.41) is 4.61. The van der Waals surface area contributed by atoms with Crippen LogP contribution in [0.5, 0.6) is 0 Å². The number of nitrogens with zero attached hydrogens (tertiary/aromatic N) is 2. The fraction of sp³-hybridized carbons (Fsp3) is 0.273. The average molecular weight is 396 g/mol. The van der Waals surface area contributed by atoms with Crippen molar-refractivity contribution in [3.63, 3.8) is 0 Å². The summed E-state index contributed by atoms with van der Waals surface area (Å²) in [4.78, 5) is 19.8. The van der Waals surface area contributed by atoms with Crippen LogP contribution in [0, 0.1) is 13.8 Å². The van der Waals surface area contributed by atoms with Crippen molar-refractivity contribution < 1.29 is 9.53 Å². The average Bonchev–Trinajstić information content (AvgIpc) is 2.68. The molecule has 0 aliphatic carbocycles. The SMILES string of the molecule is Cc1ccc2nc(C)c(C(=O)Nc3cccc(Cl)c3N3CCOCC3)cc2c1. The molecule has 1 amide bonds. The Morgan fingerprint density at radius 3 is 2.71 bits per heavy atom. The smallest absolute Gasteiger partial charge is 0.257 e. The summed E-state index contributed by atoms with van der Waals surface area (Å²) in [5.41, 5.74) is 4.81. The third kappa shape index (κ3) is 3.68. The van der Waals surface area contributed by atoms with Gasteiger partial charge in [0.1, 0.15) is 0 Å². The molecular formula is C22H22ClN3O2. The molecule has 0 atom stereocenters. The molecule has 144 valence electrons. The second kappa shape index (κ2) is 7.78. The standard InChI is InChI=1S/C22H22ClN3O2/c1-14-6-7-19-16(12-14)13-17(15(2)24-19)22(27)25-20-5-3-4-18(23)21(20)26-8-10-28-11-9-26/h3-7,12-13H,8-11H2,1-2H3,(H,25,27). The van der Waals surface area contributed by atoms with E-state index in [1.807, 2.05) is 56.3 Å². The number of hydrogen-bond acceptors (Lipinski definition) is 4. The van der Waals surface area contributed by atoms with Crippen LogP contribution >= 0.6 is 11.6 Å². The number of fused-ring (bicyclic) bond motifs is 1. The van der Waals surface area contributed by atoms with Crippen molar-refractivity contribution in [2.75, 3.05) is 36.5 Å². The maximum Gasteiger partial charge on any atom is 0.257 e. The van der Waals surface area contributed by atoms with Gasteiger partial charge in [-0.05, 0) is 44.2 Å². The Hall–Kier alpha value is -2.63. The Morgan fingerprint density at radius 1 is 1.14 bits per heavy atom. The molecular weight excluding hydrogens is 374 g/mol. The molecule has 2 heterocycles. The number of benzene rings is 2. The lowest BCUT2D eigenvalue weighted by Gasteiger charge is -2.31. The third-order valence-electron chi connectivity index (χ3n) is 4.97. The summed E-state index contributed by atoms with van der Waals surface area (Å²) in [5.74, 6) is -0.190. The lowest BCUT2D eigenvalue weighted by Crippen LogP contribution is -2.37. The molecule has 1 saturated heterocycles. The number of ether oxygens (including phenoxy) is 1. The summed E-state index contributed by atoms with van der Waals surface area (Å²) in [7, 11) is 0. The number of amides is 1. The summed E-state index contributed by atoms with van der Waals surface area (Å²) in [6.45, 7) is 6.65. The van der Waals surface area contributed by atoms with E-state index in [-0.39, 0.29) is 5.91 Å². The minimum Gasteiger partial charge on any atom is -0.378 e. The van der Waals surface area contributed by atoms with Crippen LogP contribution in [0.25, 0.3) is 10.9 Å². The first-order valence-corrected chi connectivity index (χ1v) is 9.71. The largest absolute Gasteiger partial charge is 0.378 e. The van der Waals surface area contributed by atoms with Crippen LogP contribution in [0.3, 0.4) is 0 Å². The molecule has 0 bridgehead atoms. The molecule has 0 saturated carbocycles. The number of anilines is 2. The summed E-state index contributed by atoms with van der Waals surface area (Å²) < 4.78 is 5.44. The number of morpholine rings is 1. The Balaban J connectivity index is 1.68. The van der Waals surface area contributed by atoms with Crippen LogP contribution in [0.15, 0.2) is 42.5 Å². The first-order valence-electron chi connectivity index (χ1n) is 9.33. The van der Waals surface area contributed by atoms with Crippen molar-refractivity contribution in [3.8, 4) is 0 Å². The highest BCUT2D eigenvalue weighted by atomic mass is 35.5. The molecule has 4 rings (SSSR count). The Morgan fingerprint density at radius 2 is 1.93 bits per heavy atom. The van der Waals surface area contributed by atoms with Crippen molar-refractivity contribution in [3.05, 3.63) is 64.3 Å². The van der Waals surface area contributed by atoms with E-state index in [9.17, 15) is 4.79 Å². The van der Waals surface area contributed by atoms with Gasteiger partial charge >= 0.3 is 0 Å². The van der Waals surface area contributed by atoms with Gasteiger partial charge in [-0.3, -0.25) is 9.78 Å². The van der Waals surface area contributed by atoms with E-state index in [2.05, 4.69) is 15.2 Å². The van der Waals surface area contributed by atoms with Crippen molar-refractivity contribution in [2.24, 2.45) is 0 Å². The first kappa shape index (κ1) is 18.7. The molecule has 0 spiro atoms. The molecule has 0 unspecified atom stereocenters. The molecule has 5 nitrogen and oxygen atoms in total. The van der Waals surface area contributed by atoms with Crippen LogP contribution in [0.4, 0.5) is 11.4 Å². The fourth-order valence-corrected chi connectivity index (χ4v) is 3.83. The molecule has 1 fully saturated rings. The monoisotopic (exact) mass is 395 g/mol. The van der Waals surface area contributed by atoms with Gasteiger partial charge in [0, 0.05) is 18.5 Å². The van der Waals surface area contributed by atoms with Gasteiger partial charge in [-0.15, -0.1) is 0 Å². The number of nitrogens with one attached hydrogen (secondary N) is 1. The number of carbonyl (C=O) groups is 1. The van der Waals surface area contributed by atoms with Crippen LogP contribution in [-0.4, -0.2) is 37.2 Å². The van der Waals surface area contributed by atoms with E-state index in [1.54, 1.807) is 0 Å². The van der Waals surface area contributed by atoms with E-state index < -0.39 is 0 Å². The molecule has 28 heavy (non-hydrogen) atoms. The van der Waals surface area contributed by atoms with E-state index >= 15 is 0 Å². The molecule has 1 aliphatic rings. The van der Waals surface area contributed by atoms with Gasteiger partial charge in [-0.25, -0.2) is 0 Å². The minimum absolute atomic E-state index is 0.190. The normalized spacial score (nSPS) is 14.3. The van der Waals surface area contributed by atoms with Gasteiger partial charge in [0.05, 0.1) is 46.4 Å². The molecule has 0 radical (unpaired) electrons. The van der Waals surface area contributed by atoms with Crippen molar-refractivity contribution in [2.45, 2.75) is 13.8 Å². The van der Waals surface area contributed by atoms with Gasteiger partial charge in [-0.1, -0.05) is 29.3 Å². The highest BCUT2D eigenvalue weighted by Crippen LogP contribution is 2.35. The number of carbonyl (C=O) groups excluding carboxylic acids is 1. The predicted octanol–water partition coefficient (Wildman–Crippen LogP) is 4.59. The topological polar surface area (TPSA) is 54.5 Å². The molecule has 2 aromatic carbocycles. The minimum atomic E-state index is -0.190. The van der Waals surface area contributed by atoms with E-state index in [4.69, 9.17) is 16.3 Å². The Bertz CT molecular complexity index is 1050. The van der Waals surface area contributed by atoms with Gasteiger partial charge in [0.2, 0.25) is 0 Å². The zero-order chi connectivity index (χ0) is 19.7. The van der Waals surface area contributed by atoms with Gasteiger partial charge in [0.15, 0.2) is 0 Å². The number of para-hydroxylation sites is 1. The lowest BCUT2D eigenvalue weighted by molar-refractivity contribution is 0.102. The Labute approximate surface area is 169 Å². The summed E-state index contributed by atoms with van der Waals surface area (Å²) in [6, 6.07) is 13.5. The number of aryl methyl sites for hydroxylation is 2. The van der Waals surface area contributed by atoms with Crippen molar-refractivity contribution in [1.29, 1.82) is 0 Å². The maximum absolute atomic E-state index is 13.1. The third-order valence-corrected chi connectivity index (χ3v) is 5.27. The number of halogens is 1. The molecule has 1 aliphatic heterocycles. The van der Waals surface area contributed by atoms with Crippen molar-refractivity contribution in [1.82, 2.24) is 4.98 Å². The number of pyridine rings is 1. The van der Waals surface area contributed by atoms with Gasteiger partial charge in [-0.2, -0.15) is 0 Å². The zero-order valence-electron chi connectivity index (χ0n) is 16.0. The van der Waals surface area contributed by atoms with Crippen LogP contribution in [-0.2, 0) is 4.74 Å². The summed E-state index contributed by atoms with van der Waals surface area (Å²) in [6.07, 6.45) is 0. The number of rotatable bonds is 3. The van der Waals surface area contributed by atoms with Crippen LogP contribution < -0.4 is 10.2 Å². The zero-order valence-corrected chi connectivity index (χ0v) is 16.7. The van der Waals surface area contributed by atoms with Crippen molar-refractivity contribution >= 4 is 39.8 Å². The highest BCUT2D eigenvalue weighted by molar-refractivity contribution is 6.34. The Kier molecular flexibility index (Phi) is 5.20. The van der Waals surface area contributed by atoms with Crippen LogP contribution in [0.2, 0.25) is 5.02 Å². The van der Waals surface area contributed by atoms with E-state index in [1.165, 1.54) is 0 Å². The van der Waals surface area contributed by atoms with E-state index in [0.29, 0.717) is 35.2 Å². The first-order chi connectivity index (χ1) is 13.5. The predicted molar refractivity (Wildman–Crippen MR) is 114 cm³/mol. The second-order valence-electron chi connectivity index (χ2n) is 7.01. The fourth-order valence-electron chi connectivity index (χ4n) is 3.54. The number of aromatic nitrogens is 1. The van der Waals surface area contributed by atoms with Gasteiger partial charge < -0.3 is 15.0 Å². The molecule has 6 heteroatoms. The quantitative estimate of drug-likeness (QED) is 0.704. The highest BCUT2D eigenvalue weighted by Gasteiger charge is 2.20. The van der Waals surface area contributed by atoms with E-state index in [0.717, 1.165) is 35.2 Å².